The van der Waals surface area contributed by atoms with E-state index in [2.05, 4.69) is 10.3 Å². The van der Waals surface area contributed by atoms with Gasteiger partial charge in [0.15, 0.2) is 0 Å². The van der Waals surface area contributed by atoms with Crippen molar-refractivity contribution in [1.82, 2.24) is 4.98 Å². The van der Waals surface area contributed by atoms with Crippen LogP contribution in [0.5, 0.6) is 0 Å². The van der Waals surface area contributed by atoms with Gasteiger partial charge in [-0.25, -0.2) is 4.98 Å². The van der Waals surface area contributed by atoms with Crippen molar-refractivity contribution in [3.8, 4) is 0 Å². The minimum atomic E-state index is -0.619. The van der Waals surface area contributed by atoms with Crippen LogP contribution in [0.4, 0.5) is 5.82 Å². The maximum absolute atomic E-state index is 11.7. The van der Waals surface area contributed by atoms with Gasteiger partial charge in [0.25, 0.3) is 0 Å². The third-order valence-electron chi connectivity index (χ3n) is 1.91. The normalized spacial score (nSPS) is 11.2. The molecule has 1 aromatic heterocycles. The molecule has 1 aromatic rings. The number of aromatic nitrogens is 1. The van der Waals surface area contributed by atoms with Crippen molar-refractivity contribution in [3.63, 3.8) is 0 Å². The Labute approximate surface area is 98.8 Å². The van der Waals surface area contributed by atoms with Gasteiger partial charge in [-0.05, 0) is 26.0 Å². The predicted molar refractivity (Wildman–Crippen MR) is 62.4 cm³/mol. The van der Waals surface area contributed by atoms with E-state index in [1.54, 1.807) is 26.0 Å². The summed E-state index contributed by atoms with van der Waals surface area (Å²) in [6, 6.07) is 3.23. The molecule has 0 saturated heterocycles. The van der Waals surface area contributed by atoms with Crippen molar-refractivity contribution in [2.45, 2.75) is 13.8 Å². The minimum absolute atomic E-state index is 0.174. The highest BCUT2D eigenvalue weighted by atomic mass is 35.5. The van der Waals surface area contributed by atoms with Crippen LogP contribution in [0.25, 0.3) is 0 Å². The standard InChI is InChI=1S/C10H12Cl2N2O/c1-10(2,6-11)9(15)14-8-5-7(12)3-4-13-8/h3-5H,6H2,1-2H3,(H,13,14,15). The quantitative estimate of drug-likeness (QED) is 0.834. The zero-order chi connectivity index (χ0) is 11.5. The number of alkyl halides is 1. The predicted octanol–water partition coefficient (Wildman–Crippen LogP) is 2.94. The van der Waals surface area contributed by atoms with Gasteiger partial charge >= 0.3 is 0 Å². The molecule has 0 radical (unpaired) electrons. The smallest absolute Gasteiger partial charge is 0.232 e. The number of nitrogens with zero attached hydrogens (tertiary/aromatic N) is 1. The number of carbonyl (C=O) groups excluding carboxylic acids is 1. The monoisotopic (exact) mass is 246 g/mol. The molecule has 82 valence electrons. The van der Waals surface area contributed by atoms with Crippen LogP contribution in [-0.4, -0.2) is 16.8 Å². The zero-order valence-corrected chi connectivity index (χ0v) is 10.1. The molecule has 0 fully saturated rings. The fourth-order valence-electron chi connectivity index (χ4n) is 0.819. The molecule has 0 unspecified atom stereocenters. The van der Waals surface area contributed by atoms with Crippen LogP contribution < -0.4 is 5.32 Å². The van der Waals surface area contributed by atoms with E-state index in [1.165, 1.54) is 6.20 Å². The summed E-state index contributed by atoms with van der Waals surface area (Å²) < 4.78 is 0. The lowest BCUT2D eigenvalue weighted by atomic mass is 9.95. The number of nitrogens with one attached hydrogen (secondary N) is 1. The van der Waals surface area contributed by atoms with Gasteiger partial charge in [-0.3, -0.25) is 4.79 Å². The van der Waals surface area contributed by atoms with Crippen LogP contribution in [-0.2, 0) is 4.79 Å². The summed E-state index contributed by atoms with van der Waals surface area (Å²) in [4.78, 5) is 15.7. The number of hydrogen-bond acceptors (Lipinski definition) is 2. The van der Waals surface area contributed by atoms with Crippen LogP contribution in [0.15, 0.2) is 18.3 Å². The topological polar surface area (TPSA) is 42.0 Å². The van der Waals surface area contributed by atoms with E-state index < -0.39 is 5.41 Å². The Morgan fingerprint density at radius 3 is 2.80 bits per heavy atom. The lowest BCUT2D eigenvalue weighted by Crippen LogP contribution is -2.32. The lowest BCUT2D eigenvalue weighted by Gasteiger charge is -2.19. The highest BCUT2D eigenvalue weighted by Gasteiger charge is 2.26. The maximum Gasteiger partial charge on any atom is 0.232 e. The zero-order valence-electron chi connectivity index (χ0n) is 8.55. The van der Waals surface area contributed by atoms with E-state index in [9.17, 15) is 4.79 Å². The number of halogens is 2. The molecule has 0 spiro atoms. The Bertz CT molecular complexity index is 366. The van der Waals surface area contributed by atoms with Crippen molar-refractivity contribution in [2.75, 3.05) is 11.2 Å². The average Bonchev–Trinajstić information content (AvgIpc) is 2.17. The second-order valence-electron chi connectivity index (χ2n) is 3.83. The summed E-state index contributed by atoms with van der Waals surface area (Å²) in [5, 5.41) is 3.19. The molecular formula is C10H12Cl2N2O. The van der Waals surface area contributed by atoms with E-state index in [-0.39, 0.29) is 11.8 Å². The number of amides is 1. The molecule has 0 aromatic carbocycles. The Hall–Kier alpha value is -0.800. The lowest BCUT2D eigenvalue weighted by molar-refractivity contribution is -0.123. The Morgan fingerprint density at radius 1 is 1.60 bits per heavy atom. The molecule has 1 N–H and O–H groups in total. The molecule has 0 atom stereocenters. The Morgan fingerprint density at radius 2 is 2.27 bits per heavy atom. The first-order valence-electron chi connectivity index (χ1n) is 4.45. The van der Waals surface area contributed by atoms with Crippen LogP contribution in [0.2, 0.25) is 5.02 Å². The number of pyridine rings is 1. The van der Waals surface area contributed by atoms with Gasteiger partial charge in [0.2, 0.25) is 5.91 Å². The van der Waals surface area contributed by atoms with Gasteiger partial charge in [-0.1, -0.05) is 11.6 Å². The van der Waals surface area contributed by atoms with Crippen LogP contribution in [0.1, 0.15) is 13.8 Å². The molecule has 0 aliphatic rings. The summed E-state index contributed by atoms with van der Waals surface area (Å²) in [6.07, 6.45) is 1.53. The molecule has 0 aliphatic carbocycles. The van der Waals surface area contributed by atoms with Crippen LogP contribution in [0.3, 0.4) is 0 Å². The van der Waals surface area contributed by atoms with Crippen molar-refractivity contribution >= 4 is 34.9 Å². The second kappa shape index (κ2) is 4.81. The molecule has 15 heavy (non-hydrogen) atoms. The van der Waals surface area contributed by atoms with Crippen LogP contribution in [0, 0.1) is 5.41 Å². The summed E-state index contributed by atoms with van der Waals surface area (Å²) >= 11 is 11.4. The maximum atomic E-state index is 11.7. The third-order valence-corrected chi connectivity index (χ3v) is 2.82. The first kappa shape index (κ1) is 12.3. The van der Waals surface area contributed by atoms with Crippen molar-refractivity contribution < 1.29 is 4.79 Å². The minimum Gasteiger partial charge on any atom is -0.310 e. The molecule has 3 nitrogen and oxygen atoms in total. The van der Waals surface area contributed by atoms with E-state index in [1.807, 2.05) is 0 Å². The van der Waals surface area contributed by atoms with Gasteiger partial charge in [-0.2, -0.15) is 0 Å². The fourth-order valence-corrected chi connectivity index (χ4v) is 1.10. The number of rotatable bonds is 3. The van der Waals surface area contributed by atoms with Gasteiger partial charge in [0, 0.05) is 17.1 Å². The van der Waals surface area contributed by atoms with Gasteiger partial charge in [0.05, 0.1) is 5.41 Å². The summed E-state index contributed by atoms with van der Waals surface area (Å²) in [5.74, 6) is 0.511. The Balaban J connectivity index is 2.75. The fraction of sp³-hybridized carbons (Fsp3) is 0.400. The van der Waals surface area contributed by atoms with Crippen LogP contribution >= 0.6 is 23.2 Å². The molecule has 1 amide bonds. The summed E-state index contributed by atoms with van der Waals surface area (Å²) in [5.41, 5.74) is -0.619. The average molecular weight is 247 g/mol. The summed E-state index contributed by atoms with van der Waals surface area (Å²) in [6.45, 7) is 3.53. The molecule has 1 heterocycles. The SMILES string of the molecule is CC(C)(CCl)C(=O)Nc1cc(Cl)ccn1. The molecule has 5 heteroatoms. The number of hydrogen-bond donors (Lipinski definition) is 1. The molecule has 0 aliphatic heterocycles. The van der Waals surface area contributed by atoms with Gasteiger partial charge in [-0.15, -0.1) is 11.6 Å². The van der Waals surface area contributed by atoms with Gasteiger partial charge < -0.3 is 5.32 Å². The highest BCUT2D eigenvalue weighted by Crippen LogP contribution is 2.20. The molecule has 0 bridgehead atoms. The Kier molecular flexibility index (Phi) is 3.94. The molecular weight excluding hydrogens is 235 g/mol. The van der Waals surface area contributed by atoms with Crippen molar-refractivity contribution in [3.05, 3.63) is 23.4 Å². The van der Waals surface area contributed by atoms with E-state index in [0.717, 1.165) is 0 Å². The van der Waals surface area contributed by atoms with E-state index in [0.29, 0.717) is 10.8 Å². The first-order chi connectivity index (χ1) is 6.95. The van der Waals surface area contributed by atoms with Crippen molar-refractivity contribution in [1.29, 1.82) is 0 Å². The van der Waals surface area contributed by atoms with E-state index in [4.69, 9.17) is 23.2 Å². The van der Waals surface area contributed by atoms with Crippen molar-refractivity contribution in [2.24, 2.45) is 5.41 Å². The first-order valence-corrected chi connectivity index (χ1v) is 5.36. The van der Waals surface area contributed by atoms with E-state index >= 15 is 0 Å². The number of anilines is 1. The third kappa shape index (κ3) is 3.36. The largest absolute Gasteiger partial charge is 0.310 e. The molecule has 0 saturated carbocycles. The van der Waals surface area contributed by atoms with Gasteiger partial charge in [0.1, 0.15) is 5.82 Å². The summed E-state index contributed by atoms with van der Waals surface area (Å²) in [7, 11) is 0. The highest BCUT2D eigenvalue weighted by molar-refractivity contribution is 6.30. The second-order valence-corrected chi connectivity index (χ2v) is 4.53. The molecule has 1 rings (SSSR count). The number of carbonyl (C=O) groups is 1.